The van der Waals surface area contributed by atoms with Crippen LogP contribution in [-0.4, -0.2) is 13.0 Å². The number of benzene rings is 2. The number of carbonyl (C=O) groups is 1. The minimum absolute atomic E-state index is 0.0998. The highest BCUT2D eigenvalue weighted by molar-refractivity contribution is 6.07. The molecule has 0 aliphatic carbocycles. The molecule has 5 heteroatoms. The first-order chi connectivity index (χ1) is 9.11. The van der Waals surface area contributed by atoms with E-state index in [1.807, 2.05) is 0 Å². The van der Waals surface area contributed by atoms with Crippen LogP contribution in [-0.2, 0) is 0 Å². The fourth-order valence-electron chi connectivity index (χ4n) is 1.63. The molecule has 19 heavy (non-hydrogen) atoms. The van der Waals surface area contributed by atoms with E-state index in [-0.39, 0.29) is 11.3 Å². The van der Waals surface area contributed by atoms with Crippen LogP contribution >= 0.6 is 0 Å². The normalized spacial score (nSPS) is 10.0. The number of nitrogens with one attached hydrogen (secondary N) is 1. The minimum atomic E-state index is -0.613. The second kappa shape index (κ2) is 5.39. The quantitative estimate of drug-likeness (QED) is 0.834. The van der Waals surface area contributed by atoms with Crippen molar-refractivity contribution in [3.8, 4) is 5.75 Å². The number of anilines is 2. The number of halogens is 1. The van der Waals surface area contributed by atoms with Crippen molar-refractivity contribution in [3.05, 3.63) is 53.8 Å². The van der Waals surface area contributed by atoms with Crippen LogP contribution in [0.2, 0.25) is 0 Å². The average Bonchev–Trinajstić information content (AvgIpc) is 2.42. The number of para-hydroxylation sites is 1. The Balaban J connectivity index is 2.23. The van der Waals surface area contributed by atoms with E-state index in [9.17, 15) is 9.18 Å². The van der Waals surface area contributed by atoms with E-state index in [1.54, 1.807) is 24.3 Å². The molecule has 98 valence electrons. The van der Waals surface area contributed by atoms with Gasteiger partial charge in [0.2, 0.25) is 0 Å². The summed E-state index contributed by atoms with van der Waals surface area (Å²) in [5.74, 6) is -0.464. The molecule has 0 fully saturated rings. The summed E-state index contributed by atoms with van der Waals surface area (Å²) in [6.07, 6.45) is 0. The number of rotatable bonds is 3. The summed E-state index contributed by atoms with van der Waals surface area (Å²) in [6, 6.07) is 11.0. The Morgan fingerprint density at radius 1 is 1.26 bits per heavy atom. The fraction of sp³-hybridized carbons (Fsp3) is 0.0714. The Morgan fingerprint density at radius 2 is 2.00 bits per heavy atom. The van der Waals surface area contributed by atoms with Crippen molar-refractivity contribution in [2.75, 3.05) is 18.2 Å². The molecule has 0 unspecified atom stereocenters. The van der Waals surface area contributed by atoms with Crippen molar-refractivity contribution < 1.29 is 13.9 Å². The predicted octanol–water partition coefficient (Wildman–Crippen LogP) is 2.67. The molecule has 3 N–H and O–H groups in total. The standard InChI is InChI=1S/C14H13FN2O2/c1-19-10-5-2-4-9(8-10)17-14(18)11-6-3-7-12(15)13(11)16/h2-8H,16H2,1H3,(H,17,18). The van der Waals surface area contributed by atoms with Crippen LogP contribution in [0.5, 0.6) is 5.75 Å². The largest absolute Gasteiger partial charge is 0.497 e. The number of hydrogen-bond donors (Lipinski definition) is 2. The van der Waals surface area contributed by atoms with Crippen molar-refractivity contribution in [2.24, 2.45) is 0 Å². The Morgan fingerprint density at radius 3 is 2.74 bits per heavy atom. The van der Waals surface area contributed by atoms with E-state index in [1.165, 1.54) is 25.3 Å². The van der Waals surface area contributed by atoms with Crippen LogP contribution in [0.15, 0.2) is 42.5 Å². The zero-order valence-corrected chi connectivity index (χ0v) is 10.3. The van der Waals surface area contributed by atoms with Gasteiger partial charge in [-0.1, -0.05) is 12.1 Å². The molecule has 0 aliphatic heterocycles. The van der Waals surface area contributed by atoms with E-state index >= 15 is 0 Å². The first-order valence-electron chi connectivity index (χ1n) is 5.61. The summed E-state index contributed by atoms with van der Waals surface area (Å²) in [6.45, 7) is 0. The first-order valence-corrected chi connectivity index (χ1v) is 5.61. The number of hydrogen-bond acceptors (Lipinski definition) is 3. The maximum atomic E-state index is 13.3. The molecule has 0 saturated carbocycles. The van der Waals surface area contributed by atoms with E-state index in [2.05, 4.69) is 5.32 Å². The third-order valence-electron chi connectivity index (χ3n) is 2.63. The number of methoxy groups -OCH3 is 1. The Hall–Kier alpha value is -2.56. The molecule has 0 heterocycles. The van der Waals surface area contributed by atoms with Crippen LogP contribution in [0.4, 0.5) is 15.8 Å². The summed E-state index contributed by atoms with van der Waals surface area (Å²) in [4.78, 5) is 12.0. The van der Waals surface area contributed by atoms with E-state index in [0.717, 1.165) is 0 Å². The molecule has 0 radical (unpaired) electrons. The SMILES string of the molecule is COc1cccc(NC(=O)c2cccc(F)c2N)c1. The third kappa shape index (κ3) is 2.82. The van der Waals surface area contributed by atoms with Gasteiger partial charge in [-0.3, -0.25) is 4.79 Å². The Kier molecular flexibility index (Phi) is 3.66. The Labute approximate surface area is 110 Å². The summed E-state index contributed by atoms with van der Waals surface area (Å²) < 4.78 is 18.3. The van der Waals surface area contributed by atoms with Gasteiger partial charge in [-0.2, -0.15) is 0 Å². The number of nitrogens with two attached hydrogens (primary N) is 1. The lowest BCUT2D eigenvalue weighted by Gasteiger charge is -2.09. The minimum Gasteiger partial charge on any atom is -0.497 e. The molecule has 1 amide bonds. The van der Waals surface area contributed by atoms with Gasteiger partial charge < -0.3 is 15.8 Å². The van der Waals surface area contributed by atoms with Gasteiger partial charge in [0.05, 0.1) is 18.4 Å². The van der Waals surface area contributed by atoms with Gasteiger partial charge in [-0.05, 0) is 24.3 Å². The highest BCUT2D eigenvalue weighted by Gasteiger charge is 2.12. The zero-order valence-electron chi connectivity index (χ0n) is 10.3. The summed E-state index contributed by atoms with van der Waals surface area (Å²) >= 11 is 0. The Bertz CT molecular complexity index is 614. The topological polar surface area (TPSA) is 64.3 Å². The predicted molar refractivity (Wildman–Crippen MR) is 71.8 cm³/mol. The van der Waals surface area contributed by atoms with Crippen molar-refractivity contribution in [3.63, 3.8) is 0 Å². The molecule has 2 aromatic carbocycles. The van der Waals surface area contributed by atoms with Gasteiger partial charge in [-0.15, -0.1) is 0 Å². The molecule has 0 atom stereocenters. The summed E-state index contributed by atoms with van der Waals surface area (Å²) in [5.41, 5.74) is 6.02. The molecule has 0 aromatic heterocycles. The zero-order chi connectivity index (χ0) is 13.8. The van der Waals surface area contributed by atoms with E-state index in [4.69, 9.17) is 10.5 Å². The lowest BCUT2D eigenvalue weighted by atomic mass is 10.1. The first kappa shape index (κ1) is 12.9. The lowest BCUT2D eigenvalue weighted by molar-refractivity contribution is 0.102. The fourth-order valence-corrected chi connectivity index (χ4v) is 1.63. The smallest absolute Gasteiger partial charge is 0.257 e. The van der Waals surface area contributed by atoms with Crippen LogP contribution in [0, 0.1) is 5.82 Å². The molecule has 2 rings (SSSR count). The van der Waals surface area contributed by atoms with Crippen LogP contribution in [0.3, 0.4) is 0 Å². The van der Waals surface area contributed by atoms with Crippen LogP contribution in [0.25, 0.3) is 0 Å². The number of nitrogen functional groups attached to an aromatic ring is 1. The molecular weight excluding hydrogens is 247 g/mol. The van der Waals surface area contributed by atoms with Crippen LogP contribution in [0.1, 0.15) is 10.4 Å². The number of carbonyl (C=O) groups excluding carboxylic acids is 1. The summed E-state index contributed by atoms with van der Waals surface area (Å²) in [5, 5.41) is 2.64. The molecule has 0 aliphatic rings. The molecular formula is C14H13FN2O2. The second-order valence-corrected chi connectivity index (χ2v) is 3.89. The van der Waals surface area contributed by atoms with Crippen molar-refractivity contribution in [1.82, 2.24) is 0 Å². The third-order valence-corrected chi connectivity index (χ3v) is 2.63. The maximum Gasteiger partial charge on any atom is 0.257 e. The van der Waals surface area contributed by atoms with Gasteiger partial charge in [0, 0.05) is 11.8 Å². The lowest BCUT2D eigenvalue weighted by Crippen LogP contribution is -2.14. The average molecular weight is 260 g/mol. The molecule has 2 aromatic rings. The van der Waals surface area contributed by atoms with Crippen LogP contribution < -0.4 is 15.8 Å². The van der Waals surface area contributed by atoms with E-state index < -0.39 is 11.7 Å². The maximum absolute atomic E-state index is 13.3. The molecule has 0 bridgehead atoms. The van der Waals surface area contributed by atoms with Gasteiger partial charge >= 0.3 is 0 Å². The second-order valence-electron chi connectivity index (χ2n) is 3.89. The molecule has 0 saturated heterocycles. The van der Waals surface area contributed by atoms with Gasteiger partial charge in [-0.25, -0.2) is 4.39 Å². The van der Waals surface area contributed by atoms with Gasteiger partial charge in [0.1, 0.15) is 11.6 Å². The number of amides is 1. The monoisotopic (exact) mass is 260 g/mol. The highest BCUT2D eigenvalue weighted by atomic mass is 19.1. The van der Waals surface area contributed by atoms with Crippen molar-refractivity contribution in [1.29, 1.82) is 0 Å². The highest BCUT2D eigenvalue weighted by Crippen LogP contribution is 2.20. The molecule has 4 nitrogen and oxygen atoms in total. The van der Waals surface area contributed by atoms with E-state index in [0.29, 0.717) is 11.4 Å². The van der Waals surface area contributed by atoms with Gasteiger partial charge in [0.15, 0.2) is 0 Å². The van der Waals surface area contributed by atoms with Crippen molar-refractivity contribution >= 4 is 17.3 Å². The summed E-state index contributed by atoms with van der Waals surface area (Å²) in [7, 11) is 1.53. The number of ether oxygens (including phenoxy) is 1. The van der Waals surface area contributed by atoms with Gasteiger partial charge in [0.25, 0.3) is 5.91 Å². The van der Waals surface area contributed by atoms with Crippen molar-refractivity contribution in [2.45, 2.75) is 0 Å². The molecule has 0 spiro atoms.